The molecule has 0 unspecified atom stereocenters. The summed E-state index contributed by atoms with van der Waals surface area (Å²) in [6.45, 7) is 1.64. The quantitative estimate of drug-likeness (QED) is 0.120. The molecule has 61 heavy (non-hydrogen) atoms. The molecule has 10 rings (SSSR count). The fourth-order valence-electron chi connectivity index (χ4n) is 9.48. The molecule has 0 saturated heterocycles. The van der Waals surface area contributed by atoms with Crippen LogP contribution in [-0.4, -0.2) is 43.3 Å². The molecule has 318 valence electrons. The minimum absolute atomic E-state index is 0.103. The van der Waals surface area contributed by atoms with Gasteiger partial charge in [0.05, 0.1) is 50.1 Å². The first kappa shape index (κ1) is 41.4. The Balaban J connectivity index is 0.000000156. The molecule has 0 atom stereocenters. The van der Waals surface area contributed by atoms with Crippen LogP contribution in [-0.2, 0) is 30.7 Å². The molecule has 12 heteroatoms. The van der Waals surface area contributed by atoms with Crippen molar-refractivity contribution in [3.63, 3.8) is 0 Å². The van der Waals surface area contributed by atoms with E-state index in [0.29, 0.717) is 53.3 Å². The molecule has 0 bridgehead atoms. The molecule has 0 aliphatic heterocycles. The van der Waals surface area contributed by atoms with Gasteiger partial charge in [0.2, 0.25) is 0 Å². The van der Waals surface area contributed by atoms with Crippen LogP contribution in [0.1, 0.15) is 156 Å². The van der Waals surface area contributed by atoms with Gasteiger partial charge < -0.3 is 9.84 Å². The molecule has 6 aromatic rings. The van der Waals surface area contributed by atoms with Crippen LogP contribution in [0, 0.1) is 11.8 Å². The molecule has 4 aliphatic carbocycles. The Hall–Kier alpha value is -4.94. The Bertz CT molecular complexity index is 2690. The van der Waals surface area contributed by atoms with Crippen molar-refractivity contribution in [2.24, 2.45) is 11.8 Å². The molecule has 4 fully saturated rings. The van der Waals surface area contributed by atoms with Crippen molar-refractivity contribution in [3.05, 3.63) is 125 Å². The highest BCUT2D eigenvalue weighted by molar-refractivity contribution is 7.16. The summed E-state index contributed by atoms with van der Waals surface area (Å²) >= 11 is 2.60. The molecule has 4 aromatic heterocycles. The van der Waals surface area contributed by atoms with Crippen molar-refractivity contribution in [2.45, 2.75) is 128 Å². The number of aromatic nitrogens is 4. The Morgan fingerprint density at radius 3 is 1.51 bits per heavy atom. The average Bonchev–Trinajstić information content (AvgIpc) is 4.22. The Morgan fingerprint density at radius 1 is 0.639 bits per heavy atom. The third-order valence-electron chi connectivity index (χ3n) is 13.3. The van der Waals surface area contributed by atoms with Gasteiger partial charge >= 0.3 is 21.7 Å². The predicted molar refractivity (Wildman–Crippen MR) is 242 cm³/mol. The summed E-state index contributed by atoms with van der Waals surface area (Å²) in [5, 5.41) is 9.65. The summed E-state index contributed by atoms with van der Waals surface area (Å²) in [5.74, 6) is 0.949. The van der Waals surface area contributed by atoms with Crippen molar-refractivity contribution in [2.75, 3.05) is 7.11 Å². The number of esters is 1. The first-order valence-corrected chi connectivity index (χ1v) is 23.9. The average molecular weight is 859 g/mol. The number of carbonyl (C=O) groups excluding carboxylic acids is 1. The first-order valence-electron chi connectivity index (χ1n) is 22.2. The maximum absolute atomic E-state index is 12.7. The number of aromatic carboxylic acids is 1. The number of carboxylic acid groups (broad SMARTS) is 1. The summed E-state index contributed by atoms with van der Waals surface area (Å²) in [5.41, 5.74) is 8.37. The zero-order valence-corrected chi connectivity index (χ0v) is 36.5. The van der Waals surface area contributed by atoms with Crippen LogP contribution in [0.4, 0.5) is 0 Å². The molecular formula is C49H54N4O6S2. The highest BCUT2D eigenvalue weighted by Crippen LogP contribution is 2.41. The van der Waals surface area contributed by atoms with E-state index in [0.717, 1.165) is 87.2 Å². The van der Waals surface area contributed by atoms with Gasteiger partial charge in [0.15, 0.2) is 0 Å². The van der Waals surface area contributed by atoms with E-state index in [1.807, 2.05) is 45.8 Å². The van der Waals surface area contributed by atoms with Gasteiger partial charge in [0, 0.05) is 38.3 Å². The van der Waals surface area contributed by atoms with Gasteiger partial charge in [-0.05, 0) is 134 Å². The second kappa shape index (κ2) is 18.2. The van der Waals surface area contributed by atoms with Crippen molar-refractivity contribution >= 4 is 55.0 Å². The number of carboxylic acids is 1. The van der Waals surface area contributed by atoms with E-state index in [2.05, 4.69) is 28.2 Å². The highest BCUT2D eigenvalue weighted by Gasteiger charge is 2.28. The second-order valence-corrected chi connectivity index (χ2v) is 19.8. The van der Waals surface area contributed by atoms with E-state index in [9.17, 15) is 24.3 Å². The van der Waals surface area contributed by atoms with Gasteiger partial charge in [-0.1, -0.05) is 73.3 Å². The lowest BCUT2D eigenvalue weighted by Crippen LogP contribution is -2.20. The SMILES string of the molecule is COC(=O)c1cc(C2CC2)cnc1Cc1ccc2c(c1)sc(=O)n2CC1CCCCC1.O=C(O)c1cc(C2CC2)cnc1Cc1ccc2c(c1)sc(=O)n2CC1CCCCC1. The number of pyridine rings is 2. The number of thiazole rings is 2. The van der Waals surface area contributed by atoms with Crippen LogP contribution in [0.25, 0.3) is 20.4 Å². The normalized spacial score (nSPS) is 17.3. The molecule has 10 nitrogen and oxygen atoms in total. The van der Waals surface area contributed by atoms with E-state index in [4.69, 9.17) is 4.74 Å². The molecule has 4 aliphatic rings. The van der Waals surface area contributed by atoms with Gasteiger partial charge in [-0.25, -0.2) is 9.59 Å². The van der Waals surface area contributed by atoms with Gasteiger partial charge in [0.1, 0.15) is 0 Å². The summed E-state index contributed by atoms with van der Waals surface area (Å²) < 4.78 is 10.9. The standard InChI is InChI=1S/C25H28N2O3S.C24H26N2O3S/c1-30-24(28)20-13-19(18-8-9-18)14-26-21(20)11-17-7-10-22-23(12-17)31-25(29)27(22)15-16-5-3-2-4-6-16;27-23(28)19-12-18(17-7-8-17)13-25-20(19)10-16-6-9-21-22(11-16)30-24(29)26(21)14-15-4-2-1-3-5-15/h7,10,12-14,16,18H,2-6,8-9,11,15H2,1H3;6,9,11-13,15,17H,1-5,7-8,10,14H2,(H,27,28). The smallest absolute Gasteiger partial charge is 0.339 e. The molecule has 0 spiro atoms. The third-order valence-corrected chi connectivity index (χ3v) is 15.1. The van der Waals surface area contributed by atoms with Crippen LogP contribution >= 0.6 is 22.7 Å². The zero-order chi connectivity index (χ0) is 42.0. The Labute approximate surface area is 363 Å². The molecule has 4 heterocycles. The maximum atomic E-state index is 12.7. The minimum Gasteiger partial charge on any atom is -0.478 e. The number of carbonyl (C=O) groups is 2. The lowest BCUT2D eigenvalue weighted by molar-refractivity contribution is 0.0598. The number of fused-ring (bicyclic) bond motifs is 2. The molecule has 2 aromatic carbocycles. The summed E-state index contributed by atoms with van der Waals surface area (Å²) in [4.78, 5) is 58.8. The van der Waals surface area contributed by atoms with Crippen molar-refractivity contribution in [1.29, 1.82) is 0 Å². The van der Waals surface area contributed by atoms with Gasteiger partial charge in [-0.3, -0.25) is 28.7 Å². The molecular weight excluding hydrogens is 805 g/mol. The van der Waals surface area contributed by atoms with Crippen LogP contribution < -0.4 is 9.75 Å². The number of ether oxygens (including phenoxy) is 1. The van der Waals surface area contributed by atoms with E-state index < -0.39 is 5.97 Å². The van der Waals surface area contributed by atoms with Crippen LogP contribution in [0.15, 0.2) is 70.5 Å². The molecule has 4 saturated carbocycles. The second-order valence-electron chi connectivity index (χ2n) is 17.8. The summed E-state index contributed by atoms with van der Waals surface area (Å²) in [6, 6.07) is 16.0. The summed E-state index contributed by atoms with van der Waals surface area (Å²) in [7, 11) is 1.41. The topological polar surface area (TPSA) is 133 Å². The van der Waals surface area contributed by atoms with Crippen LogP contribution in [0.5, 0.6) is 0 Å². The maximum Gasteiger partial charge on any atom is 0.339 e. The van der Waals surface area contributed by atoms with Gasteiger partial charge in [-0.2, -0.15) is 0 Å². The number of hydrogen-bond donors (Lipinski definition) is 1. The van der Waals surface area contributed by atoms with E-state index in [-0.39, 0.29) is 15.7 Å². The number of methoxy groups -OCH3 is 1. The van der Waals surface area contributed by atoms with Crippen molar-refractivity contribution in [3.8, 4) is 0 Å². The Kier molecular flexibility index (Phi) is 12.3. The van der Waals surface area contributed by atoms with Crippen LogP contribution in [0.3, 0.4) is 0 Å². The highest BCUT2D eigenvalue weighted by atomic mass is 32.1. The monoisotopic (exact) mass is 858 g/mol. The van der Waals surface area contributed by atoms with Gasteiger partial charge in [-0.15, -0.1) is 0 Å². The van der Waals surface area contributed by atoms with E-state index in [1.165, 1.54) is 94.0 Å². The fraction of sp³-hybridized carbons (Fsp3) is 0.469. The predicted octanol–water partition coefficient (Wildman–Crippen LogP) is 10.5. The number of rotatable bonds is 12. The lowest BCUT2D eigenvalue weighted by Gasteiger charge is -2.21. The number of nitrogens with zero attached hydrogens (tertiary/aromatic N) is 4. The summed E-state index contributed by atoms with van der Waals surface area (Å²) in [6.07, 6.45) is 21.9. The largest absolute Gasteiger partial charge is 0.478 e. The number of hydrogen-bond acceptors (Lipinski definition) is 9. The third kappa shape index (κ3) is 9.60. The van der Waals surface area contributed by atoms with E-state index in [1.54, 1.807) is 6.07 Å². The number of benzene rings is 2. The molecule has 0 amide bonds. The van der Waals surface area contributed by atoms with Crippen LogP contribution in [0.2, 0.25) is 0 Å². The Morgan fingerprint density at radius 2 is 1.08 bits per heavy atom. The van der Waals surface area contributed by atoms with E-state index >= 15 is 0 Å². The molecule has 0 radical (unpaired) electrons. The minimum atomic E-state index is -0.927. The lowest BCUT2D eigenvalue weighted by atomic mass is 9.89. The fourth-order valence-corrected chi connectivity index (χ4v) is 11.4. The first-order chi connectivity index (χ1) is 29.7. The van der Waals surface area contributed by atoms with Crippen molar-refractivity contribution in [1.82, 2.24) is 19.1 Å². The van der Waals surface area contributed by atoms with Crippen molar-refractivity contribution < 1.29 is 19.4 Å². The van der Waals surface area contributed by atoms with Gasteiger partial charge in [0.25, 0.3) is 0 Å². The zero-order valence-electron chi connectivity index (χ0n) is 34.9. The molecule has 1 N–H and O–H groups in total.